The molecule has 124 valence electrons. The molecule has 9 heteroatoms. The summed E-state index contributed by atoms with van der Waals surface area (Å²) in [6.45, 7) is 1.89. The second kappa shape index (κ2) is 6.73. The van der Waals surface area contributed by atoms with Gasteiger partial charge >= 0.3 is 0 Å². The van der Waals surface area contributed by atoms with Crippen molar-refractivity contribution in [3.05, 3.63) is 65.8 Å². The standard InChI is InChI=1S/C15H13F3N6/c1-9(15-14(18)5-19-7-20-15)12(6-24-8-21-22-23-24)11-3-2-10(16)4-13(11)17/h2-5,7-9,12H,6H2,1H3/t9-,12+/m1/s1. The number of rotatable bonds is 5. The summed E-state index contributed by atoms with van der Waals surface area (Å²) in [7, 11) is 0. The molecule has 2 atom stereocenters. The average molecular weight is 334 g/mol. The monoisotopic (exact) mass is 334 g/mol. The largest absolute Gasteiger partial charge is 0.242 e. The lowest BCUT2D eigenvalue weighted by Crippen LogP contribution is -2.19. The summed E-state index contributed by atoms with van der Waals surface area (Å²) in [4.78, 5) is 7.57. The Kier molecular flexibility index (Phi) is 4.50. The highest BCUT2D eigenvalue weighted by Crippen LogP contribution is 2.35. The molecular weight excluding hydrogens is 321 g/mol. The van der Waals surface area contributed by atoms with Gasteiger partial charge in [-0.25, -0.2) is 27.8 Å². The fourth-order valence-corrected chi connectivity index (χ4v) is 2.64. The molecule has 2 aromatic heterocycles. The predicted molar refractivity (Wildman–Crippen MR) is 77.3 cm³/mol. The molecule has 1 aromatic carbocycles. The first-order valence-corrected chi connectivity index (χ1v) is 7.17. The molecule has 0 unspecified atom stereocenters. The Morgan fingerprint density at radius 3 is 2.67 bits per heavy atom. The molecule has 6 nitrogen and oxygen atoms in total. The summed E-state index contributed by atoms with van der Waals surface area (Å²) in [6.07, 6.45) is 3.65. The van der Waals surface area contributed by atoms with Crippen LogP contribution in [-0.2, 0) is 6.54 Å². The molecule has 24 heavy (non-hydrogen) atoms. The predicted octanol–water partition coefficient (Wildman–Crippen LogP) is 2.47. The van der Waals surface area contributed by atoms with Gasteiger partial charge in [0.1, 0.15) is 24.3 Å². The molecule has 3 rings (SSSR count). The maximum Gasteiger partial charge on any atom is 0.163 e. The minimum Gasteiger partial charge on any atom is -0.242 e. The van der Waals surface area contributed by atoms with Crippen LogP contribution in [0.15, 0.2) is 37.1 Å². The van der Waals surface area contributed by atoms with Gasteiger partial charge in [0.25, 0.3) is 0 Å². The third-order valence-electron chi connectivity index (χ3n) is 3.87. The lowest BCUT2D eigenvalue weighted by molar-refractivity contribution is 0.419. The molecule has 0 aliphatic heterocycles. The highest BCUT2D eigenvalue weighted by atomic mass is 19.1. The van der Waals surface area contributed by atoms with E-state index >= 15 is 0 Å². The number of nitrogens with zero attached hydrogens (tertiary/aromatic N) is 6. The molecule has 3 aromatic rings. The molecular formula is C15H13F3N6. The first-order valence-electron chi connectivity index (χ1n) is 7.17. The van der Waals surface area contributed by atoms with Crippen molar-refractivity contribution < 1.29 is 13.2 Å². The van der Waals surface area contributed by atoms with E-state index in [1.54, 1.807) is 6.92 Å². The van der Waals surface area contributed by atoms with Crippen LogP contribution in [0.4, 0.5) is 13.2 Å². The summed E-state index contributed by atoms with van der Waals surface area (Å²) < 4.78 is 42.9. The van der Waals surface area contributed by atoms with Crippen LogP contribution in [0.3, 0.4) is 0 Å². The van der Waals surface area contributed by atoms with Crippen molar-refractivity contribution >= 4 is 0 Å². The number of benzene rings is 1. The van der Waals surface area contributed by atoms with Crippen LogP contribution >= 0.6 is 0 Å². The van der Waals surface area contributed by atoms with Gasteiger partial charge in [-0.05, 0) is 22.1 Å². The van der Waals surface area contributed by atoms with Crippen molar-refractivity contribution in [1.29, 1.82) is 0 Å². The van der Waals surface area contributed by atoms with Gasteiger partial charge in [-0.2, -0.15) is 0 Å². The zero-order valence-corrected chi connectivity index (χ0v) is 12.6. The van der Waals surface area contributed by atoms with Gasteiger partial charge < -0.3 is 0 Å². The Bertz CT molecular complexity index is 824. The number of tetrazole rings is 1. The second-order valence-corrected chi connectivity index (χ2v) is 5.35. The molecule has 0 saturated carbocycles. The fraction of sp³-hybridized carbons (Fsp3) is 0.267. The van der Waals surface area contributed by atoms with Crippen LogP contribution in [0, 0.1) is 17.5 Å². The van der Waals surface area contributed by atoms with Crippen LogP contribution in [0.25, 0.3) is 0 Å². The summed E-state index contributed by atoms with van der Waals surface area (Å²) in [5.74, 6) is -3.06. The molecule has 0 radical (unpaired) electrons. The van der Waals surface area contributed by atoms with E-state index < -0.39 is 29.3 Å². The highest BCUT2D eigenvalue weighted by molar-refractivity contribution is 5.27. The molecule has 0 aliphatic carbocycles. The van der Waals surface area contributed by atoms with Crippen LogP contribution in [0.5, 0.6) is 0 Å². The van der Waals surface area contributed by atoms with E-state index in [0.717, 1.165) is 18.3 Å². The van der Waals surface area contributed by atoms with Crippen molar-refractivity contribution in [3.8, 4) is 0 Å². The third kappa shape index (κ3) is 3.24. The van der Waals surface area contributed by atoms with Gasteiger partial charge in [0, 0.05) is 17.9 Å². The minimum atomic E-state index is -0.714. The normalized spacial score (nSPS) is 13.7. The van der Waals surface area contributed by atoms with Crippen LogP contribution in [0.1, 0.15) is 30.0 Å². The van der Waals surface area contributed by atoms with Crippen molar-refractivity contribution in [3.63, 3.8) is 0 Å². The first kappa shape index (κ1) is 16.0. The molecule has 0 aliphatic rings. The summed E-state index contributed by atoms with van der Waals surface area (Å²) in [5, 5.41) is 10.8. The number of aromatic nitrogens is 6. The molecule has 0 N–H and O–H groups in total. The van der Waals surface area contributed by atoms with E-state index in [1.807, 2.05) is 0 Å². The van der Waals surface area contributed by atoms with E-state index in [-0.39, 0.29) is 17.8 Å². The van der Waals surface area contributed by atoms with Gasteiger partial charge in [0.15, 0.2) is 5.82 Å². The number of halogens is 3. The second-order valence-electron chi connectivity index (χ2n) is 5.35. The topological polar surface area (TPSA) is 69.4 Å². The zero-order chi connectivity index (χ0) is 17.1. The zero-order valence-electron chi connectivity index (χ0n) is 12.6. The van der Waals surface area contributed by atoms with E-state index in [9.17, 15) is 13.2 Å². The van der Waals surface area contributed by atoms with Gasteiger partial charge in [-0.3, -0.25) is 0 Å². The van der Waals surface area contributed by atoms with Gasteiger partial charge in [-0.1, -0.05) is 13.0 Å². The quantitative estimate of drug-likeness (QED) is 0.717. The molecule has 0 saturated heterocycles. The Morgan fingerprint density at radius 2 is 2.00 bits per heavy atom. The van der Waals surface area contributed by atoms with E-state index in [1.165, 1.54) is 23.4 Å². The van der Waals surface area contributed by atoms with E-state index in [2.05, 4.69) is 25.5 Å². The Hall–Kier alpha value is -2.84. The SMILES string of the molecule is C[C@@H](c1ncncc1F)[C@H](Cn1cnnn1)c1ccc(F)cc1F. The molecule has 0 fully saturated rings. The van der Waals surface area contributed by atoms with Crippen LogP contribution < -0.4 is 0 Å². The summed E-state index contributed by atoms with van der Waals surface area (Å²) >= 11 is 0. The summed E-state index contributed by atoms with van der Waals surface area (Å²) in [6, 6.07) is 3.30. The first-order chi connectivity index (χ1) is 11.6. The Balaban J connectivity index is 2.03. The average Bonchev–Trinajstić information content (AvgIpc) is 3.06. The van der Waals surface area contributed by atoms with Crippen molar-refractivity contribution in [2.45, 2.75) is 25.3 Å². The lowest BCUT2D eigenvalue weighted by atomic mass is 9.84. The molecule has 0 bridgehead atoms. The fourth-order valence-electron chi connectivity index (χ4n) is 2.64. The summed E-state index contributed by atoms with van der Waals surface area (Å²) in [5.41, 5.74) is 0.379. The number of hydrogen-bond donors (Lipinski definition) is 0. The van der Waals surface area contributed by atoms with Crippen molar-refractivity contribution in [2.24, 2.45) is 0 Å². The molecule has 2 heterocycles. The minimum absolute atomic E-state index is 0.145. The van der Waals surface area contributed by atoms with E-state index in [0.29, 0.717) is 0 Å². The Labute approximate surface area is 135 Å². The van der Waals surface area contributed by atoms with E-state index in [4.69, 9.17) is 0 Å². The maximum atomic E-state index is 14.3. The van der Waals surface area contributed by atoms with Crippen LogP contribution in [0.2, 0.25) is 0 Å². The van der Waals surface area contributed by atoms with Gasteiger partial charge in [0.05, 0.1) is 18.4 Å². The third-order valence-corrected chi connectivity index (χ3v) is 3.87. The highest BCUT2D eigenvalue weighted by Gasteiger charge is 2.28. The lowest BCUT2D eigenvalue weighted by Gasteiger charge is -2.24. The van der Waals surface area contributed by atoms with Gasteiger partial charge in [0.2, 0.25) is 0 Å². The van der Waals surface area contributed by atoms with Crippen LogP contribution in [-0.4, -0.2) is 30.2 Å². The van der Waals surface area contributed by atoms with Crippen molar-refractivity contribution in [1.82, 2.24) is 30.2 Å². The maximum absolute atomic E-state index is 14.3. The smallest absolute Gasteiger partial charge is 0.163 e. The Morgan fingerprint density at radius 1 is 1.17 bits per heavy atom. The molecule has 0 spiro atoms. The van der Waals surface area contributed by atoms with Crippen molar-refractivity contribution in [2.75, 3.05) is 0 Å². The molecule has 0 amide bonds. The van der Waals surface area contributed by atoms with Gasteiger partial charge in [-0.15, -0.1) is 5.10 Å². The number of hydrogen-bond acceptors (Lipinski definition) is 5.